The maximum absolute atomic E-state index is 8.76. The second kappa shape index (κ2) is 4.14. The van der Waals surface area contributed by atoms with Crippen LogP contribution in [0, 0.1) is 11.3 Å². The summed E-state index contributed by atoms with van der Waals surface area (Å²) in [7, 11) is 0. The van der Waals surface area contributed by atoms with Gasteiger partial charge >= 0.3 is 0 Å². The summed E-state index contributed by atoms with van der Waals surface area (Å²) in [6, 6.07) is 9.35. The van der Waals surface area contributed by atoms with E-state index in [1.165, 1.54) is 0 Å². The van der Waals surface area contributed by atoms with E-state index in [4.69, 9.17) is 40.1 Å². The maximum Gasteiger partial charge on any atom is 0.248 e. The SMILES string of the molecule is N#CCn1c(C(Cl)(Cl)Cl)nc2ccccc21. The molecule has 0 aliphatic rings. The number of halogens is 3. The van der Waals surface area contributed by atoms with Crippen LogP contribution < -0.4 is 0 Å². The van der Waals surface area contributed by atoms with E-state index in [9.17, 15) is 0 Å². The number of alkyl halides is 3. The van der Waals surface area contributed by atoms with Gasteiger partial charge in [-0.3, -0.25) is 0 Å². The van der Waals surface area contributed by atoms with Crippen molar-refractivity contribution in [1.29, 1.82) is 5.26 Å². The Balaban J connectivity index is 2.74. The lowest BCUT2D eigenvalue weighted by atomic mass is 10.3. The minimum absolute atomic E-state index is 0.101. The highest BCUT2D eigenvalue weighted by atomic mass is 35.6. The lowest BCUT2D eigenvalue weighted by Gasteiger charge is -2.11. The number of imidazole rings is 1. The van der Waals surface area contributed by atoms with Crippen LogP contribution >= 0.6 is 34.8 Å². The van der Waals surface area contributed by atoms with Crippen LogP contribution in [0.5, 0.6) is 0 Å². The minimum atomic E-state index is -1.63. The number of aromatic nitrogens is 2. The van der Waals surface area contributed by atoms with Crippen molar-refractivity contribution in [2.24, 2.45) is 0 Å². The van der Waals surface area contributed by atoms with Crippen molar-refractivity contribution in [3.63, 3.8) is 0 Å². The molecule has 1 heterocycles. The number of para-hydroxylation sites is 2. The molecule has 0 spiro atoms. The molecule has 1 aromatic heterocycles. The molecule has 0 fully saturated rings. The Labute approximate surface area is 107 Å². The lowest BCUT2D eigenvalue weighted by Crippen LogP contribution is -2.11. The standard InChI is InChI=1S/C10H6Cl3N3/c11-10(12,13)9-15-7-3-1-2-4-8(7)16(9)6-5-14/h1-4H,6H2. The zero-order chi connectivity index (χ0) is 11.8. The first-order valence-electron chi connectivity index (χ1n) is 4.43. The molecule has 0 radical (unpaired) electrons. The van der Waals surface area contributed by atoms with Crippen LogP contribution in [0.2, 0.25) is 0 Å². The molecule has 16 heavy (non-hydrogen) atoms. The second-order valence-corrected chi connectivity index (χ2v) is 5.45. The van der Waals surface area contributed by atoms with Crippen LogP contribution in [0.3, 0.4) is 0 Å². The van der Waals surface area contributed by atoms with Crippen molar-refractivity contribution in [1.82, 2.24) is 9.55 Å². The molecule has 2 aromatic rings. The quantitative estimate of drug-likeness (QED) is 0.748. The van der Waals surface area contributed by atoms with Crippen LogP contribution in [0.4, 0.5) is 0 Å². The van der Waals surface area contributed by atoms with E-state index in [-0.39, 0.29) is 12.4 Å². The molecule has 6 heteroatoms. The van der Waals surface area contributed by atoms with E-state index in [0.29, 0.717) is 5.52 Å². The number of nitrogens with zero attached hydrogens (tertiary/aromatic N) is 3. The van der Waals surface area contributed by atoms with Crippen molar-refractivity contribution in [3.8, 4) is 6.07 Å². The highest BCUT2D eigenvalue weighted by Gasteiger charge is 2.30. The number of hydrogen-bond acceptors (Lipinski definition) is 2. The van der Waals surface area contributed by atoms with Gasteiger partial charge in [0.1, 0.15) is 6.54 Å². The molecule has 2 rings (SSSR count). The Kier molecular flexibility index (Phi) is 2.98. The molecule has 0 amide bonds. The lowest BCUT2D eigenvalue weighted by molar-refractivity contribution is 0.784. The summed E-state index contributed by atoms with van der Waals surface area (Å²) >= 11 is 17.4. The molecule has 0 saturated heterocycles. The Morgan fingerprint density at radius 3 is 2.62 bits per heavy atom. The number of rotatable bonds is 1. The Morgan fingerprint density at radius 2 is 2.00 bits per heavy atom. The molecular formula is C10H6Cl3N3. The number of benzene rings is 1. The van der Waals surface area contributed by atoms with Gasteiger partial charge in [-0.15, -0.1) is 0 Å². The second-order valence-electron chi connectivity index (χ2n) is 3.17. The first-order valence-corrected chi connectivity index (χ1v) is 5.57. The van der Waals surface area contributed by atoms with Crippen LogP contribution in [0.15, 0.2) is 24.3 Å². The average molecular weight is 275 g/mol. The summed E-state index contributed by atoms with van der Waals surface area (Å²) in [6.07, 6.45) is 0. The number of nitriles is 1. The zero-order valence-corrected chi connectivity index (χ0v) is 10.3. The minimum Gasteiger partial charge on any atom is -0.310 e. The summed E-state index contributed by atoms with van der Waals surface area (Å²) in [6.45, 7) is 0.101. The Hall–Kier alpha value is -0.950. The first kappa shape index (κ1) is 11.5. The van der Waals surface area contributed by atoms with Gasteiger partial charge < -0.3 is 4.57 Å². The number of fused-ring (bicyclic) bond motifs is 1. The van der Waals surface area contributed by atoms with E-state index in [0.717, 1.165) is 5.52 Å². The van der Waals surface area contributed by atoms with Gasteiger partial charge in [0, 0.05) is 0 Å². The molecule has 0 N–H and O–H groups in total. The topological polar surface area (TPSA) is 41.6 Å². The van der Waals surface area contributed by atoms with E-state index in [1.807, 2.05) is 30.3 Å². The third-order valence-electron chi connectivity index (χ3n) is 2.14. The fourth-order valence-electron chi connectivity index (χ4n) is 1.52. The summed E-state index contributed by atoms with van der Waals surface area (Å²) in [5, 5.41) is 8.76. The molecule has 0 unspecified atom stereocenters. The molecule has 0 aliphatic carbocycles. The van der Waals surface area contributed by atoms with E-state index in [1.54, 1.807) is 4.57 Å². The maximum atomic E-state index is 8.76. The van der Waals surface area contributed by atoms with Crippen molar-refractivity contribution < 1.29 is 0 Å². The van der Waals surface area contributed by atoms with Crippen molar-refractivity contribution in [2.45, 2.75) is 10.3 Å². The molecule has 3 nitrogen and oxygen atoms in total. The van der Waals surface area contributed by atoms with Gasteiger partial charge in [0.15, 0.2) is 5.82 Å². The molecule has 0 saturated carbocycles. The van der Waals surface area contributed by atoms with Gasteiger partial charge in [-0.05, 0) is 12.1 Å². The molecule has 0 bridgehead atoms. The van der Waals surface area contributed by atoms with E-state index < -0.39 is 3.79 Å². The van der Waals surface area contributed by atoms with Gasteiger partial charge in [0.2, 0.25) is 3.79 Å². The predicted molar refractivity (Wildman–Crippen MR) is 64.6 cm³/mol. The van der Waals surface area contributed by atoms with Gasteiger partial charge in [-0.25, -0.2) is 4.98 Å². The predicted octanol–water partition coefficient (Wildman–Crippen LogP) is 3.39. The van der Waals surface area contributed by atoms with E-state index >= 15 is 0 Å². The largest absolute Gasteiger partial charge is 0.310 e. The number of hydrogen-bond donors (Lipinski definition) is 0. The monoisotopic (exact) mass is 273 g/mol. The van der Waals surface area contributed by atoms with Gasteiger partial charge in [-0.1, -0.05) is 46.9 Å². The van der Waals surface area contributed by atoms with Crippen LogP contribution in [0.1, 0.15) is 5.82 Å². The van der Waals surface area contributed by atoms with Gasteiger partial charge in [-0.2, -0.15) is 5.26 Å². The third kappa shape index (κ3) is 1.97. The third-order valence-corrected chi connectivity index (χ3v) is 2.64. The van der Waals surface area contributed by atoms with Crippen LogP contribution in [-0.4, -0.2) is 9.55 Å². The molecule has 82 valence electrons. The summed E-state index contributed by atoms with van der Waals surface area (Å²) < 4.78 is -0.0296. The van der Waals surface area contributed by atoms with Crippen molar-refractivity contribution in [2.75, 3.05) is 0 Å². The highest BCUT2D eigenvalue weighted by molar-refractivity contribution is 6.66. The smallest absolute Gasteiger partial charge is 0.248 e. The van der Waals surface area contributed by atoms with Crippen molar-refractivity contribution in [3.05, 3.63) is 30.1 Å². The average Bonchev–Trinajstić information content (AvgIpc) is 2.58. The zero-order valence-electron chi connectivity index (χ0n) is 7.99. The van der Waals surface area contributed by atoms with Crippen molar-refractivity contribution >= 4 is 45.8 Å². The Morgan fingerprint density at radius 1 is 1.31 bits per heavy atom. The fourth-order valence-corrected chi connectivity index (χ4v) is 1.96. The Bertz CT molecular complexity index is 563. The molecular weight excluding hydrogens is 268 g/mol. The summed E-state index contributed by atoms with van der Waals surface area (Å²) in [4.78, 5) is 4.22. The summed E-state index contributed by atoms with van der Waals surface area (Å²) in [5.74, 6) is 0.264. The highest BCUT2D eigenvalue weighted by Crippen LogP contribution is 2.38. The normalized spacial score (nSPS) is 11.6. The van der Waals surface area contributed by atoms with Crippen LogP contribution in [0.25, 0.3) is 11.0 Å². The molecule has 0 aliphatic heterocycles. The fraction of sp³-hybridized carbons (Fsp3) is 0.200. The first-order chi connectivity index (χ1) is 7.54. The van der Waals surface area contributed by atoms with E-state index in [2.05, 4.69) is 4.98 Å². The van der Waals surface area contributed by atoms with Gasteiger partial charge in [0.05, 0.1) is 17.1 Å². The summed E-state index contributed by atoms with van der Waals surface area (Å²) in [5.41, 5.74) is 1.49. The molecule has 0 atom stereocenters. The van der Waals surface area contributed by atoms with Gasteiger partial charge in [0.25, 0.3) is 0 Å². The molecule has 1 aromatic carbocycles. The van der Waals surface area contributed by atoms with Crippen LogP contribution in [-0.2, 0) is 10.3 Å².